The molecule has 1 unspecified atom stereocenters. The SMILES string of the molecule is CCC1CCCN(c2cccc(Br)c2C(N)=S)C1. The molecule has 1 aliphatic heterocycles. The average molecular weight is 327 g/mol. The van der Waals surface area contributed by atoms with Crippen molar-refractivity contribution in [1.82, 2.24) is 0 Å². The van der Waals surface area contributed by atoms with Gasteiger partial charge in [-0.1, -0.05) is 31.6 Å². The molecule has 1 heterocycles. The fraction of sp³-hybridized carbons (Fsp3) is 0.500. The summed E-state index contributed by atoms with van der Waals surface area (Å²) in [7, 11) is 0. The van der Waals surface area contributed by atoms with Crippen molar-refractivity contribution in [3.05, 3.63) is 28.2 Å². The molecule has 0 aliphatic carbocycles. The zero-order valence-corrected chi connectivity index (χ0v) is 13.1. The number of hydrogen-bond acceptors (Lipinski definition) is 2. The van der Waals surface area contributed by atoms with Gasteiger partial charge in [-0.3, -0.25) is 0 Å². The smallest absolute Gasteiger partial charge is 0.107 e. The molecule has 98 valence electrons. The maximum absolute atomic E-state index is 5.86. The molecular weight excluding hydrogens is 308 g/mol. The number of benzene rings is 1. The molecule has 0 aromatic heterocycles. The first-order valence-corrected chi connectivity index (χ1v) is 7.66. The summed E-state index contributed by atoms with van der Waals surface area (Å²) in [5.74, 6) is 0.789. The summed E-state index contributed by atoms with van der Waals surface area (Å²) in [6.45, 7) is 4.48. The van der Waals surface area contributed by atoms with Crippen LogP contribution < -0.4 is 10.6 Å². The van der Waals surface area contributed by atoms with Crippen molar-refractivity contribution in [3.8, 4) is 0 Å². The number of nitrogens with two attached hydrogens (primary N) is 1. The lowest BCUT2D eigenvalue weighted by Gasteiger charge is -2.35. The Morgan fingerprint density at radius 3 is 3.00 bits per heavy atom. The number of nitrogens with zero attached hydrogens (tertiary/aromatic N) is 1. The molecule has 1 atom stereocenters. The second kappa shape index (κ2) is 6.02. The largest absolute Gasteiger partial charge is 0.389 e. The van der Waals surface area contributed by atoms with Crippen LogP contribution in [0.4, 0.5) is 5.69 Å². The number of thiocarbonyl (C=S) groups is 1. The van der Waals surface area contributed by atoms with Crippen LogP contribution in [0.5, 0.6) is 0 Å². The van der Waals surface area contributed by atoms with Crippen LogP contribution in [0.25, 0.3) is 0 Å². The molecule has 1 saturated heterocycles. The van der Waals surface area contributed by atoms with Crippen molar-refractivity contribution < 1.29 is 0 Å². The van der Waals surface area contributed by atoms with E-state index >= 15 is 0 Å². The third kappa shape index (κ3) is 2.86. The molecule has 1 aromatic rings. The quantitative estimate of drug-likeness (QED) is 0.858. The van der Waals surface area contributed by atoms with Crippen LogP contribution >= 0.6 is 28.1 Å². The van der Waals surface area contributed by atoms with Crippen LogP contribution in [0.2, 0.25) is 0 Å². The Bertz CT molecular complexity index is 447. The minimum Gasteiger partial charge on any atom is -0.389 e. The van der Waals surface area contributed by atoms with E-state index in [1.54, 1.807) is 0 Å². The van der Waals surface area contributed by atoms with E-state index in [0.29, 0.717) is 4.99 Å². The first-order valence-electron chi connectivity index (χ1n) is 6.46. The first-order chi connectivity index (χ1) is 8.63. The van der Waals surface area contributed by atoms with Gasteiger partial charge in [-0.05, 0) is 46.8 Å². The molecule has 2 N–H and O–H groups in total. The molecule has 0 saturated carbocycles. The van der Waals surface area contributed by atoms with E-state index in [1.165, 1.54) is 24.9 Å². The van der Waals surface area contributed by atoms with E-state index in [4.69, 9.17) is 18.0 Å². The van der Waals surface area contributed by atoms with Crippen LogP contribution in [0.15, 0.2) is 22.7 Å². The number of anilines is 1. The predicted molar refractivity (Wildman–Crippen MR) is 85.3 cm³/mol. The molecule has 0 amide bonds. The second-order valence-electron chi connectivity index (χ2n) is 4.86. The monoisotopic (exact) mass is 326 g/mol. The number of halogens is 1. The zero-order valence-electron chi connectivity index (χ0n) is 10.7. The van der Waals surface area contributed by atoms with Gasteiger partial charge in [0.25, 0.3) is 0 Å². The Morgan fingerprint density at radius 1 is 1.56 bits per heavy atom. The van der Waals surface area contributed by atoms with Crippen molar-refractivity contribution in [1.29, 1.82) is 0 Å². The summed E-state index contributed by atoms with van der Waals surface area (Å²) in [4.78, 5) is 2.90. The van der Waals surface area contributed by atoms with Gasteiger partial charge in [0.05, 0.1) is 0 Å². The third-order valence-electron chi connectivity index (χ3n) is 3.68. The Kier molecular flexibility index (Phi) is 4.62. The Balaban J connectivity index is 2.32. The summed E-state index contributed by atoms with van der Waals surface area (Å²) in [6.07, 6.45) is 3.83. The summed E-state index contributed by atoms with van der Waals surface area (Å²) in [6, 6.07) is 6.17. The van der Waals surface area contributed by atoms with Gasteiger partial charge in [0, 0.05) is 28.8 Å². The van der Waals surface area contributed by atoms with Gasteiger partial charge in [-0.2, -0.15) is 0 Å². The van der Waals surface area contributed by atoms with E-state index in [2.05, 4.69) is 39.9 Å². The normalized spacial score (nSPS) is 19.9. The lowest BCUT2D eigenvalue weighted by atomic mass is 9.94. The van der Waals surface area contributed by atoms with Gasteiger partial charge in [0.1, 0.15) is 4.99 Å². The summed E-state index contributed by atoms with van der Waals surface area (Å²) >= 11 is 8.74. The van der Waals surface area contributed by atoms with E-state index in [1.807, 2.05) is 6.07 Å². The second-order valence-corrected chi connectivity index (χ2v) is 6.15. The minimum atomic E-state index is 0.469. The third-order valence-corrected chi connectivity index (χ3v) is 4.54. The van der Waals surface area contributed by atoms with Crippen LogP contribution in [0, 0.1) is 5.92 Å². The zero-order chi connectivity index (χ0) is 13.1. The molecule has 18 heavy (non-hydrogen) atoms. The lowest BCUT2D eigenvalue weighted by Crippen LogP contribution is -2.36. The minimum absolute atomic E-state index is 0.469. The van der Waals surface area contributed by atoms with Crippen LogP contribution in [-0.2, 0) is 0 Å². The van der Waals surface area contributed by atoms with E-state index < -0.39 is 0 Å². The maximum Gasteiger partial charge on any atom is 0.107 e. The Hall–Kier alpha value is -0.610. The fourth-order valence-electron chi connectivity index (χ4n) is 2.64. The average Bonchev–Trinajstić information content (AvgIpc) is 2.38. The molecule has 4 heteroatoms. The highest BCUT2D eigenvalue weighted by Crippen LogP contribution is 2.31. The van der Waals surface area contributed by atoms with Gasteiger partial charge in [-0.25, -0.2) is 0 Å². The number of hydrogen-bond donors (Lipinski definition) is 1. The van der Waals surface area contributed by atoms with Crippen molar-refractivity contribution in [2.75, 3.05) is 18.0 Å². The van der Waals surface area contributed by atoms with E-state index in [-0.39, 0.29) is 0 Å². The highest BCUT2D eigenvalue weighted by atomic mass is 79.9. The van der Waals surface area contributed by atoms with Crippen molar-refractivity contribution in [3.63, 3.8) is 0 Å². The molecule has 1 fully saturated rings. The highest BCUT2D eigenvalue weighted by molar-refractivity contribution is 9.10. The van der Waals surface area contributed by atoms with Gasteiger partial charge < -0.3 is 10.6 Å². The summed E-state index contributed by atoms with van der Waals surface area (Å²) in [5.41, 5.74) is 8.02. The highest BCUT2D eigenvalue weighted by Gasteiger charge is 2.22. The standard InChI is InChI=1S/C14H19BrN2S/c1-2-10-5-4-8-17(9-10)12-7-3-6-11(15)13(12)14(16)18/h3,6-7,10H,2,4-5,8-9H2,1H3,(H2,16,18). The Morgan fingerprint density at radius 2 is 2.33 bits per heavy atom. The van der Waals surface area contributed by atoms with Gasteiger partial charge >= 0.3 is 0 Å². The lowest BCUT2D eigenvalue weighted by molar-refractivity contribution is 0.404. The van der Waals surface area contributed by atoms with Crippen LogP contribution in [0.1, 0.15) is 31.7 Å². The van der Waals surface area contributed by atoms with Crippen molar-refractivity contribution in [2.45, 2.75) is 26.2 Å². The van der Waals surface area contributed by atoms with Crippen molar-refractivity contribution in [2.24, 2.45) is 11.7 Å². The summed E-state index contributed by atoms with van der Waals surface area (Å²) in [5, 5.41) is 0. The molecule has 1 aliphatic rings. The molecule has 0 radical (unpaired) electrons. The molecule has 2 nitrogen and oxygen atoms in total. The van der Waals surface area contributed by atoms with E-state index in [9.17, 15) is 0 Å². The van der Waals surface area contributed by atoms with Crippen LogP contribution in [-0.4, -0.2) is 18.1 Å². The van der Waals surface area contributed by atoms with Gasteiger partial charge in [0.15, 0.2) is 0 Å². The number of piperidine rings is 1. The number of rotatable bonds is 3. The fourth-order valence-corrected chi connectivity index (χ4v) is 3.55. The Labute approximate surface area is 123 Å². The van der Waals surface area contributed by atoms with Gasteiger partial charge in [-0.15, -0.1) is 0 Å². The van der Waals surface area contributed by atoms with Gasteiger partial charge in [0.2, 0.25) is 0 Å². The summed E-state index contributed by atoms with van der Waals surface area (Å²) < 4.78 is 0.992. The van der Waals surface area contributed by atoms with Crippen molar-refractivity contribution >= 4 is 38.8 Å². The van der Waals surface area contributed by atoms with Crippen LogP contribution in [0.3, 0.4) is 0 Å². The first kappa shape index (κ1) is 13.8. The maximum atomic E-state index is 5.86. The molecule has 0 bridgehead atoms. The molecule has 1 aromatic carbocycles. The molecular formula is C14H19BrN2S. The molecule has 0 spiro atoms. The topological polar surface area (TPSA) is 29.3 Å². The van der Waals surface area contributed by atoms with E-state index in [0.717, 1.165) is 29.0 Å². The predicted octanol–water partition coefficient (Wildman–Crippen LogP) is 3.71. The molecule has 2 rings (SSSR count).